The van der Waals surface area contributed by atoms with E-state index in [0.717, 1.165) is 40.6 Å². The number of aromatic amines is 1. The van der Waals surface area contributed by atoms with Gasteiger partial charge in [-0.15, -0.1) is 0 Å². The second-order valence-corrected chi connectivity index (χ2v) is 7.90. The van der Waals surface area contributed by atoms with Gasteiger partial charge in [-0.3, -0.25) is 0 Å². The minimum Gasteiger partial charge on any atom is -0.485 e. The summed E-state index contributed by atoms with van der Waals surface area (Å²) in [5.41, 5.74) is 4.83. The van der Waals surface area contributed by atoms with Gasteiger partial charge in [0.05, 0.1) is 17.9 Å². The number of imidazole rings is 1. The van der Waals surface area contributed by atoms with E-state index in [9.17, 15) is 0 Å². The van der Waals surface area contributed by atoms with Crippen molar-refractivity contribution >= 4 is 23.1 Å². The van der Waals surface area contributed by atoms with Gasteiger partial charge in [-0.1, -0.05) is 12.1 Å². The lowest BCUT2D eigenvalue weighted by Gasteiger charge is -2.21. The Balaban J connectivity index is 1.32. The zero-order valence-corrected chi connectivity index (χ0v) is 16.5. The minimum absolute atomic E-state index is 0.193. The predicted octanol–water partition coefficient (Wildman–Crippen LogP) is 4.37. The Morgan fingerprint density at radius 1 is 1.17 bits per heavy atom. The fourth-order valence-corrected chi connectivity index (χ4v) is 3.68. The Morgan fingerprint density at radius 2 is 2.10 bits per heavy atom. The van der Waals surface area contributed by atoms with Crippen molar-refractivity contribution in [3.8, 4) is 5.75 Å². The Kier molecular flexibility index (Phi) is 4.16. The molecule has 0 fully saturated rings. The number of hydrogen-bond donors (Lipinski definition) is 3. The molecule has 29 heavy (non-hydrogen) atoms. The molecule has 0 spiro atoms. The number of amidine groups is 1. The summed E-state index contributed by atoms with van der Waals surface area (Å²) >= 11 is 0. The highest BCUT2D eigenvalue weighted by molar-refractivity contribution is 5.94. The maximum Gasteiger partial charge on any atom is 0.294 e. The van der Waals surface area contributed by atoms with Gasteiger partial charge in [0.25, 0.3) is 6.02 Å². The molecule has 5 rings (SSSR count). The highest BCUT2D eigenvalue weighted by Crippen LogP contribution is 2.40. The molecule has 2 aromatic carbocycles. The first-order valence-corrected chi connectivity index (χ1v) is 9.70. The van der Waals surface area contributed by atoms with Gasteiger partial charge in [0, 0.05) is 35.6 Å². The van der Waals surface area contributed by atoms with Crippen LogP contribution >= 0.6 is 0 Å². The van der Waals surface area contributed by atoms with Crippen molar-refractivity contribution in [1.29, 1.82) is 0 Å². The van der Waals surface area contributed by atoms with E-state index in [2.05, 4.69) is 51.6 Å². The number of aliphatic imine (C=N–C) groups is 1. The van der Waals surface area contributed by atoms with Crippen molar-refractivity contribution in [2.45, 2.75) is 39.0 Å². The van der Waals surface area contributed by atoms with Crippen LogP contribution in [0, 0.1) is 0 Å². The maximum absolute atomic E-state index is 6.12. The van der Waals surface area contributed by atoms with Gasteiger partial charge in [0.1, 0.15) is 23.8 Å². The molecule has 0 aliphatic carbocycles. The molecule has 0 bridgehead atoms. The van der Waals surface area contributed by atoms with Gasteiger partial charge < -0.3 is 25.1 Å². The minimum atomic E-state index is -0.193. The Labute approximate surface area is 169 Å². The first kappa shape index (κ1) is 17.6. The van der Waals surface area contributed by atoms with E-state index >= 15 is 0 Å². The van der Waals surface area contributed by atoms with E-state index < -0.39 is 0 Å². The third-order valence-corrected chi connectivity index (χ3v) is 5.01. The van der Waals surface area contributed by atoms with Crippen molar-refractivity contribution in [3.63, 3.8) is 0 Å². The molecular formula is C22H23N5O2. The standard InChI is InChI=1S/C22H23N5O2/c1-22(2)11-14-4-3-5-18(20(14)29-22)27-21-26-17-7-6-16(10-15(17)13-28-21)25-12-19-23-8-9-24-19/h3-10,25H,11-13H2,1-2H3,(H,23,24)(H,26,27). The van der Waals surface area contributed by atoms with E-state index in [-0.39, 0.29) is 5.60 Å². The van der Waals surface area contributed by atoms with E-state index in [1.165, 1.54) is 5.56 Å². The fraction of sp³-hybridized carbons (Fsp3) is 0.273. The summed E-state index contributed by atoms with van der Waals surface area (Å²) in [6.07, 6.45) is 4.45. The summed E-state index contributed by atoms with van der Waals surface area (Å²) < 4.78 is 12.0. The Bertz CT molecular complexity index is 1070. The molecule has 0 radical (unpaired) electrons. The molecule has 3 aromatic rings. The highest BCUT2D eigenvalue weighted by Gasteiger charge is 2.32. The fourth-order valence-electron chi connectivity index (χ4n) is 3.68. The number of ether oxygens (including phenoxy) is 2. The quantitative estimate of drug-likeness (QED) is 0.617. The van der Waals surface area contributed by atoms with E-state index in [4.69, 9.17) is 9.47 Å². The Morgan fingerprint density at radius 3 is 2.97 bits per heavy atom. The number of fused-ring (bicyclic) bond motifs is 2. The molecule has 0 unspecified atom stereocenters. The molecule has 0 saturated heterocycles. The number of rotatable bonds is 4. The van der Waals surface area contributed by atoms with Crippen molar-refractivity contribution in [3.05, 3.63) is 65.7 Å². The van der Waals surface area contributed by atoms with E-state index in [1.54, 1.807) is 6.20 Å². The number of benzene rings is 2. The summed E-state index contributed by atoms with van der Waals surface area (Å²) in [7, 11) is 0. The molecule has 7 heteroatoms. The number of para-hydroxylation sites is 1. The van der Waals surface area contributed by atoms with Gasteiger partial charge in [-0.25, -0.2) is 4.98 Å². The number of anilines is 2. The van der Waals surface area contributed by atoms with Gasteiger partial charge in [-0.05, 0) is 38.1 Å². The van der Waals surface area contributed by atoms with Crippen molar-refractivity contribution in [1.82, 2.24) is 9.97 Å². The number of nitrogens with one attached hydrogen (secondary N) is 3. The molecule has 148 valence electrons. The lowest BCUT2D eigenvalue weighted by molar-refractivity contribution is 0.139. The second kappa shape index (κ2) is 6.84. The highest BCUT2D eigenvalue weighted by atomic mass is 16.5. The summed E-state index contributed by atoms with van der Waals surface area (Å²) in [6, 6.07) is 12.7. The number of nitrogens with zero attached hydrogens (tertiary/aromatic N) is 2. The molecule has 2 aliphatic rings. The smallest absolute Gasteiger partial charge is 0.294 e. The molecule has 1 aromatic heterocycles. The number of aromatic nitrogens is 2. The van der Waals surface area contributed by atoms with E-state index in [0.29, 0.717) is 19.2 Å². The lowest BCUT2D eigenvalue weighted by Crippen LogP contribution is -2.25. The van der Waals surface area contributed by atoms with Crippen molar-refractivity contribution in [2.75, 3.05) is 10.6 Å². The molecule has 7 nitrogen and oxygen atoms in total. The first-order chi connectivity index (χ1) is 14.1. The van der Waals surface area contributed by atoms with Crippen LogP contribution in [0.5, 0.6) is 5.75 Å². The number of hydrogen-bond acceptors (Lipinski definition) is 6. The van der Waals surface area contributed by atoms with Crippen LogP contribution in [0.3, 0.4) is 0 Å². The first-order valence-electron chi connectivity index (χ1n) is 9.70. The SMILES string of the molecule is CC1(C)Cc2cccc(NC3=Nc4ccc(NCc5ncc[nH]5)cc4CO3)c2O1. The topological polar surface area (TPSA) is 83.6 Å². The largest absolute Gasteiger partial charge is 0.485 e. The van der Waals surface area contributed by atoms with Gasteiger partial charge >= 0.3 is 0 Å². The number of H-pyrrole nitrogens is 1. The van der Waals surface area contributed by atoms with Crippen molar-refractivity contribution < 1.29 is 9.47 Å². The van der Waals surface area contributed by atoms with Gasteiger partial charge in [0.2, 0.25) is 0 Å². The maximum atomic E-state index is 6.12. The van der Waals surface area contributed by atoms with Crippen LogP contribution in [0.1, 0.15) is 30.8 Å². The predicted molar refractivity (Wildman–Crippen MR) is 113 cm³/mol. The third kappa shape index (κ3) is 3.63. The summed E-state index contributed by atoms with van der Waals surface area (Å²) in [5, 5.41) is 6.65. The lowest BCUT2D eigenvalue weighted by atomic mass is 10.0. The van der Waals surface area contributed by atoms with Gasteiger partial charge in [0.15, 0.2) is 0 Å². The normalized spacial score (nSPS) is 16.1. The Hall–Kier alpha value is -3.48. The molecular weight excluding hydrogens is 366 g/mol. The molecule has 2 aliphatic heterocycles. The van der Waals surface area contributed by atoms with Crippen LogP contribution in [0.25, 0.3) is 0 Å². The average molecular weight is 389 g/mol. The van der Waals surface area contributed by atoms with Crippen LogP contribution < -0.4 is 15.4 Å². The molecule has 3 N–H and O–H groups in total. The van der Waals surface area contributed by atoms with Gasteiger partial charge in [-0.2, -0.15) is 4.99 Å². The summed E-state index contributed by atoms with van der Waals surface area (Å²) in [4.78, 5) is 11.9. The van der Waals surface area contributed by atoms with Crippen LogP contribution in [-0.2, 0) is 24.3 Å². The van der Waals surface area contributed by atoms with Crippen LogP contribution in [0.2, 0.25) is 0 Å². The average Bonchev–Trinajstić information content (AvgIpc) is 3.33. The van der Waals surface area contributed by atoms with Crippen molar-refractivity contribution in [2.24, 2.45) is 4.99 Å². The molecule has 3 heterocycles. The molecule has 0 amide bonds. The molecule has 0 atom stereocenters. The summed E-state index contributed by atoms with van der Waals surface area (Å²) in [5.74, 6) is 1.77. The van der Waals surface area contributed by atoms with Crippen LogP contribution in [-0.4, -0.2) is 21.6 Å². The van der Waals surface area contributed by atoms with Crippen LogP contribution in [0.4, 0.5) is 17.1 Å². The van der Waals surface area contributed by atoms with E-state index in [1.807, 2.05) is 30.5 Å². The summed E-state index contributed by atoms with van der Waals surface area (Å²) in [6.45, 7) is 5.29. The molecule has 0 saturated carbocycles. The zero-order chi connectivity index (χ0) is 19.8. The zero-order valence-electron chi connectivity index (χ0n) is 16.5. The second-order valence-electron chi connectivity index (χ2n) is 7.90. The third-order valence-electron chi connectivity index (χ3n) is 5.01. The van der Waals surface area contributed by atoms with Crippen LogP contribution in [0.15, 0.2) is 53.8 Å². The monoisotopic (exact) mass is 389 g/mol.